The van der Waals surface area contributed by atoms with Crippen molar-refractivity contribution in [3.63, 3.8) is 0 Å². The number of aryl methyl sites for hydroxylation is 2. The molecule has 0 saturated heterocycles. The van der Waals surface area contributed by atoms with Gasteiger partial charge in [-0.3, -0.25) is 10.1 Å². The van der Waals surface area contributed by atoms with E-state index in [0.29, 0.717) is 23.6 Å². The zero-order valence-electron chi connectivity index (χ0n) is 13.0. The SMILES string of the molecule is Cc1cccc(F)c1C=C1C=CCOC1=NNc1cnn(C)c1. The second-order valence-electron chi connectivity index (χ2n) is 5.21. The van der Waals surface area contributed by atoms with E-state index in [2.05, 4.69) is 15.6 Å². The van der Waals surface area contributed by atoms with Crippen LogP contribution in [0.4, 0.5) is 10.1 Å². The number of nitrogens with zero attached hydrogens (tertiary/aromatic N) is 3. The lowest BCUT2D eigenvalue weighted by molar-refractivity contribution is 0.346. The minimum absolute atomic E-state index is 0.268. The van der Waals surface area contributed by atoms with E-state index in [1.165, 1.54) is 6.07 Å². The summed E-state index contributed by atoms with van der Waals surface area (Å²) in [6.07, 6.45) is 8.94. The van der Waals surface area contributed by atoms with Crippen molar-refractivity contribution in [2.75, 3.05) is 12.0 Å². The van der Waals surface area contributed by atoms with Gasteiger partial charge in [-0.2, -0.15) is 5.10 Å². The van der Waals surface area contributed by atoms with Crippen molar-refractivity contribution < 1.29 is 9.13 Å². The number of nitrogens with one attached hydrogen (secondary N) is 1. The normalized spacial score (nSPS) is 17.5. The standard InChI is InChI=1S/C17H17FN4O/c1-12-5-3-7-16(18)15(12)9-13-6-4-8-23-17(13)21-20-14-10-19-22(2)11-14/h3-7,9-11,20H,8H2,1-2H3. The molecule has 0 spiro atoms. The highest BCUT2D eigenvalue weighted by atomic mass is 19.1. The number of rotatable bonds is 3. The zero-order valence-corrected chi connectivity index (χ0v) is 13.0. The Bertz CT molecular complexity index is 784. The summed E-state index contributed by atoms with van der Waals surface area (Å²) in [7, 11) is 1.82. The topological polar surface area (TPSA) is 51.4 Å². The number of hydrogen-bond donors (Lipinski definition) is 1. The Hall–Kier alpha value is -2.89. The van der Waals surface area contributed by atoms with Crippen LogP contribution in [0.2, 0.25) is 0 Å². The summed E-state index contributed by atoms with van der Waals surface area (Å²) in [5, 5.41) is 8.31. The van der Waals surface area contributed by atoms with Gasteiger partial charge in [0, 0.05) is 24.4 Å². The first-order valence-electron chi connectivity index (χ1n) is 7.22. The molecule has 3 rings (SSSR count). The van der Waals surface area contributed by atoms with Crippen LogP contribution in [0, 0.1) is 12.7 Å². The molecule has 1 aromatic heterocycles. The van der Waals surface area contributed by atoms with Crippen molar-refractivity contribution in [1.82, 2.24) is 9.78 Å². The molecule has 6 heteroatoms. The van der Waals surface area contributed by atoms with E-state index in [0.717, 1.165) is 11.3 Å². The maximum Gasteiger partial charge on any atom is 0.238 e. The van der Waals surface area contributed by atoms with Crippen molar-refractivity contribution >= 4 is 17.7 Å². The number of anilines is 1. The van der Waals surface area contributed by atoms with Gasteiger partial charge in [-0.1, -0.05) is 18.2 Å². The van der Waals surface area contributed by atoms with E-state index >= 15 is 0 Å². The highest BCUT2D eigenvalue weighted by molar-refractivity contribution is 6.02. The van der Waals surface area contributed by atoms with Gasteiger partial charge in [0.15, 0.2) is 0 Å². The smallest absolute Gasteiger partial charge is 0.238 e. The number of halogens is 1. The molecule has 1 N–H and O–H groups in total. The second-order valence-corrected chi connectivity index (χ2v) is 5.21. The third kappa shape index (κ3) is 3.48. The van der Waals surface area contributed by atoms with Gasteiger partial charge in [0.2, 0.25) is 5.90 Å². The van der Waals surface area contributed by atoms with Gasteiger partial charge in [0.05, 0.1) is 11.9 Å². The maximum atomic E-state index is 14.0. The summed E-state index contributed by atoms with van der Waals surface area (Å²) in [6, 6.07) is 5.00. The third-order valence-electron chi connectivity index (χ3n) is 3.42. The van der Waals surface area contributed by atoms with E-state index in [-0.39, 0.29) is 5.82 Å². The summed E-state index contributed by atoms with van der Waals surface area (Å²) in [6.45, 7) is 2.30. The molecule has 2 heterocycles. The van der Waals surface area contributed by atoms with Gasteiger partial charge in [0.1, 0.15) is 12.4 Å². The van der Waals surface area contributed by atoms with Crippen molar-refractivity contribution in [3.8, 4) is 0 Å². The van der Waals surface area contributed by atoms with E-state index in [1.807, 2.05) is 32.2 Å². The Balaban J connectivity index is 1.90. The van der Waals surface area contributed by atoms with Gasteiger partial charge < -0.3 is 4.74 Å². The van der Waals surface area contributed by atoms with E-state index in [1.54, 1.807) is 29.2 Å². The molecule has 2 aromatic rings. The molecule has 5 nitrogen and oxygen atoms in total. The first kappa shape index (κ1) is 15.0. The molecule has 0 aliphatic carbocycles. The third-order valence-corrected chi connectivity index (χ3v) is 3.42. The summed E-state index contributed by atoms with van der Waals surface area (Å²) in [5.41, 5.74) is 5.74. The van der Waals surface area contributed by atoms with E-state index in [9.17, 15) is 4.39 Å². The first-order chi connectivity index (χ1) is 11.1. The molecule has 1 aromatic carbocycles. The molecular formula is C17H17FN4O. The number of benzene rings is 1. The van der Waals surface area contributed by atoms with Gasteiger partial charge in [-0.15, -0.1) is 5.10 Å². The molecule has 1 aliphatic heterocycles. The van der Waals surface area contributed by atoms with Crippen LogP contribution in [-0.2, 0) is 11.8 Å². The van der Waals surface area contributed by atoms with Crippen LogP contribution in [0.15, 0.2) is 53.4 Å². The molecule has 1 aliphatic rings. The highest BCUT2D eigenvalue weighted by Gasteiger charge is 2.13. The lowest BCUT2D eigenvalue weighted by Gasteiger charge is -2.14. The van der Waals surface area contributed by atoms with Crippen LogP contribution in [0.3, 0.4) is 0 Å². The van der Waals surface area contributed by atoms with Crippen LogP contribution in [-0.4, -0.2) is 22.3 Å². The number of hydrogen-bond acceptors (Lipinski definition) is 4. The van der Waals surface area contributed by atoms with E-state index < -0.39 is 0 Å². The quantitative estimate of drug-likeness (QED) is 0.885. The molecule has 118 valence electrons. The number of hydrazone groups is 1. The minimum Gasteiger partial charge on any atom is -0.472 e. The van der Waals surface area contributed by atoms with E-state index in [4.69, 9.17) is 4.74 Å². The Labute approximate surface area is 133 Å². The molecule has 0 bridgehead atoms. The fourth-order valence-corrected chi connectivity index (χ4v) is 2.24. The van der Waals surface area contributed by atoms with Gasteiger partial charge in [-0.25, -0.2) is 4.39 Å². The Kier molecular flexibility index (Phi) is 4.23. The van der Waals surface area contributed by atoms with Crippen molar-refractivity contribution in [1.29, 1.82) is 0 Å². The average Bonchev–Trinajstić information content (AvgIpc) is 2.95. The van der Waals surface area contributed by atoms with Crippen molar-refractivity contribution in [3.05, 3.63) is 65.3 Å². The van der Waals surface area contributed by atoms with Gasteiger partial charge in [0.25, 0.3) is 0 Å². The highest BCUT2D eigenvalue weighted by Crippen LogP contribution is 2.20. The van der Waals surface area contributed by atoms with Crippen LogP contribution in [0.5, 0.6) is 0 Å². The fourth-order valence-electron chi connectivity index (χ4n) is 2.24. The second kappa shape index (κ2) is 6.48. The molecule has 0 radical (unpaired) electrons. The molecule has 23 heavy (non-hydrogen) atoms. The molecule has 0 unspecified atom stereocenters. The minimum atomic E-state index is -0.268. The fraction of sp³-hybridized carbons (Fsp3) is 0.176. The molecular weight excluding hydrogens is 295 g/mol. The summed E-state index contributed by atoms with van der Waals surface area (Å²) < 4.78 is 21.2. The number of ether oxygens (including phenoxy) is 1. The van der Waals surface area contributed by atoms with Gasteiger partial charge >= 0.3 is 0 Å². The van der Waals surface area contributed by atoms with Crippen LogP contribution >= 0.6 is 0 Å². The molecule has 0 atom stereocenters. The predicted octanol–water partition coefficient (Wildman–Crippen LogP) is 3.26. The molecule has 0 saturated carbocycles. The Morgan fingerprint density at radius 2 is 2.30 bits per heavy atom. The lowest BCUT2D eigenvalue weighted by atomic mass is 10.0. The van der Waals surface area contributed by atoms with Crippen molar-refractivity contribution in [2.45, 2.75) is 6.92 Å². The van der Waals surface area contributed by atoms with Crippen LogP contribution in [0.25, 0.3) is 6.08 Å². The molecule has 0 amide bonds. The largest absolute Gasteiger partial charge is 0.472 e. The molecule has 0 fully saturated rings. The Morgan fingerprint density at radius 3 is 3.04 bits per heavy atom. The Morgan fingerprint density at radius 1 is 1.43 bits per heavy atom. The maximum absolute atomic E-state index is 14.0. The summed E-state index contributed by atoms with van der Waals surface area (Å²) in [4.78, 5) is 0. The van der Waals surface area contributed by atoms with Crippen molar-refractivity contribution in [2.24, 2.45) is 12.1 Å². The van der Waals surface area contributed by atoms with Crippen LogP contribution < -0.4 is 5.43 Å². The van der Waals surface area contributed by atoms with Gasteiger partial charge in [-0.05, 0) is 30.7 Å². The summed E-state index contributed by atoms with van der Waals surface area (Å²) in [5.74, 6) is 0.148. The lowest BCUT2D eigenvalue weighted by Crippen LogP contribution is -2.14. The average molecular weight is 312 g/mol. The zero-order chi connectivity index (χ0) is 16.2. The predicted molar refractivity (Wildman–Crippen MR) is 88.5 cm³/mol. The van der Waals surface area contributed by atoms with Crippen LogP contribution in [0.1, 0.15) is 11.1 Å². The monoisotopic (exact) mass is 312 g/mol. The summed E-state index contributed by atoms with van der Waals surface area (Å²) >= 11 is 0. The first-order valence-corrected chi connectivity index (χ1v) is 7.22. The number of aromatic nitrogens is 2.